The molecule has 3 N–H and O–H groups in total. The molecule has 0 saturated carbocycles. The van der Waals surface area contributed by atoms with Crippen molar-refractivity contribution in [2.45, 2.75) is 51.5 Å². The van der Waals surface area contributed by atoms with E-state index in [4.69, 9.17) is 9.47 Å². The van der Waals surface area contributed by atoms with Crippen molar-refractivity contribution in [3.05, 3.63) is 95.6 Å². The number of amides is 2. The van der Waals surface area contributed by atoms with Crippen molar-refractivity contribution in [2.24, 2.45) is 5.92 Å². The van der Waals surface area contributed by atoms with Gasteiger partial charge in [-0.2, -0.15) is 0 Å². The molecule has 39 heavy (non-hydrogen) atoms. The first kappa shape index (κ1) is 27.9. The molecule has 8 heteroatoms. The van der Waals surface area contributed by atoms with Crippen molar-refractivity contribution >= 4 is 18.0 Å². The molecule has 0 radical (unpaired) electrons. The Morgan fingerprint density at radius 3 is 1.92 bits per heavy atom. The van der Waals surface area contributed by atoms with E-state index < -0.39 is 36.2 Å². The predicted octanol–water partition coefficient (Wildman–Crippen LogP) is 4.72. The van der Waals surface area contributed by atoms with Crippen LogP contribution in [-0.4, -0.2) is 47.9 Å². The molecule has 0 spiro atoms. The lowest BCUT2D eigenvalue weighted by atomic mass is 9.98. The van der Waals surface area contributed by atoms with Crippen LogP contribution < -0.4 is 10.6 Å². The van der Waals surface area contributed by atoms with Crippen LogP contribution in [0.1, 0.15) is 43.4 Å². The summed E-state index contributed by atoms with van der Waals surface area (Å²) in [6, 6.07) is 23.1. The van der Waals surface area contributed by atoms with Gasteiger partial charge < -0.3 is 25.2 Å². The lowest BCUT2D eigenvalue weighted by molar-refractivity contribution is -0.144. The molecule has 0 bridgehead atoms. The van der Waals surface area contributed by atoms with Gasteiger partial charge in [-0.25, -0.2) is 9.59 Å². The molecular weight excluding hydrogens is 496 g/mol. The summed E-state index contributed by atoms with van der Waals surface area (Å²) in [6.07, 6.45) is -1.56. The highest BCUT2D eigenvalue weighted by molar-refractivity contribution is 5.90. The summed E-state index contributed by atoms with van der Waals surface area (Å²) >= 11 is 0. The van der Waals surface area contributed by atoms with E-state index in [1.165, 1.54) is 0 Å². The fraction of sp³-hybridized carbons (Fsp3) is 0.323. The minimum absolute atomic E-state index is 0.0806. The van der Waals surface area contributed by atoms with Gasteiger partial charge in [0.2, 0.25) is 5.91 Å². The molecule has 4 rings (SSSR count). The SMILES string of the molecule is CC(C)C(NC(=O)C(NC(=O)OCC1c2ccccc2-c2ccccc21)C(C)OCc1ccccc1)C(=O)O. The highest BCUT2D eigenvalue weighted by Gasteiger charge is 2.34. The van der Waals surface area contributed by atoms with Crippen molar-refractivity contribution in [2.75, 3.05) is 6.61 Å². The third kappa shape index (κ3) is 6.64. The molecule has 3 unspecified atom stereocenters. The Morgan fingerprint density at radius 2 is 1.36 bits per heavy atom. The second kappa shape index (κ2) is 12.6. The maximum absolute atomic E-state index is 13.2. The van der Waals surface area contributed by atoms with Crippen LogP contribution in [0.5, 0.6) is 0 Å². The van der Waals surface area contributed by atoms with Gasteiger partial charge in [-0.05, 0) is 40.7 Å². The first-order valence-corrected chi connectivity index (χ1v) is 13.1. The van der Waals surface area contributed by atoms with Crippen LogP contribution in [0.15, 0.2) is 78.9 Å². The number of hydrogen-bond acceptors (Lipinski definition) is 5. The standard InChI is InChI=1S/C31H34N2O6/c1-19(2)27(30(35)36)32-29(34)28(20(3)38-17-21-11-5-4-6-12-21)33-31(37)39-18-26-24-15-9-7-13-22(24)23-14-8-10-16-25(23)26/h4-16,19-20,26-28H,17-18H2,1-3H3,(H,32,34)(H,33,37)(H,35,36). The van der Waals surface area contributed by atoms with Crippen LogP contribution in [0.3, 0.4) is 0 Å². The fourth-order valence-electron chi connectivity index (χ4n) is 4.82. The minimum Gasteiger partial charge on any atom is -0.480 e. The van der Waals surface area contributed by atoms with E-state index in [0.717, 1.165) is 27.8 Å². The van der Waals surface area contributed by atoms with E-state index in [-0.39, 0.29) is 25.0 Å². The number of carbonyl (C=O) groups excluding carboxylic acids is 2. The van der Waals surface area contributed by atoms with Crippen LogP contribution in [-0.2, 0) is 25.7 Å². The van der Waals surface area contributed by atoms with Crippen LogP contribution in [0.4, 0.5) is 4.79 Å². The Bertz CT molecular complexity index is 1260. The monoisotopic (exact) mass is 530 g/mol. The zero-order valence-corrected chi connectivity index (χ0v) is 22.3. The molecule has 3 atom stereocenters. The molecule has 3 aromatic rings. The summed E-state index contributed by atoms with van der Waals surface area (Å²) in [5, 5.41) is 14.7. The second-order valence-corrected chi connectivity index (χ2v) is 10.0. The van der Waals surface area contributed by atoms with Crippen molar-refractivity contribution in [1.29, 1.82) is 0 Å². The van der Waals surface area contributed by atoms with Gasteiger partial charge in [0.15, 0.2) is 0 Å². The molecule has 0 aromatic heterocycles. The number of aliphatic carboxylic acids is 1. The van der Waals surface area contributed by atoms with Gasteiger partial charge >= 0.3 is 12.1 Å². The third-order valence-electron chi connectivity index (χ3n) is 6.96. The summed E-state index contributed by atoms with van der Waals surface area (Å²) in [6.45, 7) is 5.34. The highest BCUT2D eigenvalue weighted by atomic mass is 16.5. The molecule has 2 amide bonds. The van der Waals surface area contributed by atoms with E-state index in [2.05, 4.69) is 10.6 Å². The number of carbonyl (C=O) groups is 3. The molecule has 0 aliphatic heterocycles. The molecule has 8 nitrogen and oxygen atoms in total. The van der Waals surface area contributed by atoms with Crippen molar-refractivity contribution in [1.82, 2.24) is 10.6 Å². The second-order valence-electron chi connectivity index (χ2n) is 10.0. The number of fused-ring (bicyclic) bond motifs is 3. The average molecular weight is 531 g/mol. The van der Waals surface area contributed by atoms with Gasteiger partial charge in [-0.1, -0.05) is 92.7 Å². The highest BCUT2D eigenvalue weighted by Crippen LogP contribution is 2.44. The molecule has 3 aromatic carbocycles. The molecule has 204 valence electrons. The Morgan fingerprint density at radius 1 is 0.795 bits per heavy atom. The van der Waals surface area contributed by atoms with Crippen molar-refractivity contribution in [3.8, 4) is 11.1 Å². The maximum Gasteiger partial charge on any atom is 0.407 e. The Labute approximate surface area is 228 Å². The molecule has 0 fully saturated rings. The fourth-order valence-corrected chi connectivity index (χ4v) is 4.82. The Balaban J connectivity index is 1.46. The van der Waals surface area contributed by atoms with Gasteiger partial charge in [0.05, 0.1) is 12.7 Å². The number of rotatable bonds is 11. The normalized spacial score (nSPS) is 14.6. The van der Waals surface area contributed by atoms with Gasteiger partial charge in [0.1, 0.15) is 18.7 Å². The van der Waals surface area contributed by atoms with Gasteiger partial charge in [-0.15, -0.1) is 0 Å². The van der Waals surface area contributed by atoms with E-state index in [1.54, 1.807) is 20.8 Å². The van der Waals surface area contributed by atoms with E-state index in [1.807, 2.05) is 78.9 Å². The number of alkyl carbamates (subject to hydrolysis) is 1. The average Bonchev–Trinajstić information content (AvgIpc) is 3.26. The zero-order chi connectivity index (χ0) is 27.9. The van der Waals surface area contributed by atoms with E-state index >= 15 is 0 Å². The third-order valence-corrected chi connectivity index (χ3v) is 6.96. The van der Waals surface area contributed by atoms with E-state index in [0.29, 0.717) is 0 Å². The van der Waals surface area contributed by atoms with Gasteiger partial charge in [0, 0.05) is 5.92 Å². The topological polar surface area (TPSA) is 114 Å². The zero-order valence-electron chi connectivity index (χ0n) is 22.3. The minimum atomic E-state index is -1.18. The summed E-state index contributed by atoms with van der Waals surface area (Å²) in [5.74, 6) is -2.32. The van der Waals surface area contributed by atoms with Crippen LogP contribution in [0.25, 0.3) is 11.1 Å². The van der Waals surface area contributed by atoms with Crippen molar-refractivity contribution < 1.29 is 29.0 Å². The smallest absolute Gasteiger partial charge is 0.407 e. The Kier molecular flexibility index (Phi) is 8.99. The Hall–Kier alpha value is -4.17. The molecule has 1 aliphatic carbocycles. The first-order valence-electron chi connectivity index (χ1n) is 13.1. The lowest BCUT2D eigenvalue weighted by Gasteiger charge is -2.27. The number of carboxylic acid groups (broad SMARTS) is 1. The van der Waals surface area contributed by atoms with Gasteiger partial charge in [-0.3, -0.25) is 4.79 Å². The molecule has 0 heterocycles. The number of benzene rings is 3. The number of nitrogens with one attached hydrogen (secondary N) is 2. The largest absolute Gasteiger partial charge is 0.480 e. The predicted molar refractivity (Wildman–Crippen MR) is 147 cm³/mol. The van der Waals surface area contributed by atoms with Crippen LogP contribution in [0, 0.1) is 5.92 Å². The number of ether oxygens (including phenoxy) is 2. The summed E-state index contributed by atoms with van der Waals surface area (Å²) in [4.78, 5) is 37.9. The molecule has 0 saturated heterocycles. The van der Waals surface area contributed by atoms with Gasteiger partial charge in [0.25, 0.3) is 0 Å². The first-order chi connectivity index (χ1) is 18.8. The quantitative estimate of drug-likeness (QED) is 0.331. The van der Waals surface area contributed by atoms with Crippen LogP contribution >= 0.6 is 0 Å². The lowest BCUT2D eigenvalue weighted by Crippen LogP contribution is -2.57. The summed E-state index contributed by atoms with van der Waals surface area (Å²) < 4.78 is 11.5. The van der Waals surface area contributed by atoms with E-state index in [9.17, 15) is 19.5 Å². The summed E-state index contributed by atoms with van der Waals surface area (Å²) in [7, 11) is 0. The van der Waals surface area contributed by atoms with Crippen molar-refractivity contribution in [3.63, 3.8) is 0 Å². The van der Waals surface area contributed by atoms with Crippen LogP contribution in [0.2, 0.25) is 0 Å². The molecular formula is C31H34N2O6. The summed E-state index contributed by atoms with van der Waals surface area (Å²) in [5.41, 5.74) is 5.25. The maximum atomic E-state index is 13.2. The molecule has 1 aliphatic rings. The number of carboxylic acids is 1. The number of hydrogen-bond donors (Lipinski definition) is 3.